The number of hydrogen-bond acceptors (Lipinski definition) is 1. The largest absolute Gasteiger partial charge is 0.497 e. The van der Waals surface area contributed by atoms with E-state index in [1.165, 1.54) is 25.4 Å². The summed E-state index contributed by atoms with van der Waals surface area (Å²) in [6, 6.07) is 8.80. The van der Waals surface area contributed by atoms with E-state index >= 15 is 0 Å². The molecule has 1 heterocycles. The quantitative estimate of drug-likeness (QED) is 0.696. The zero-order valence-corrected chi connectivity index (χ0v) is 10.0. The molecule has 1 aromatic carbocycles. The molecule has 1 aliphatic carbocycles. The summed E-state index contributed by atoms with van der Waals surface area (Å²) >= 11 is 0. The number of methoxy groups -OCH3 is 1. The van der Waals surface area contributed by atoms with Crippen LogP contribution in [-0.4, -0.2) is 18.9 Å². The number of benzene rings is 1. The highest BCUT2D eigenvalue weighted by Gasteiger charge is 2.39. The molecule has 1 nitrogen and oxygen atoms in total. The highest BCUT2D eigenvalue weighted by Crippen LogP contribution is 2.59. The zero-order chi connectivity index (χ0) is 10.3. The number of fused-ring (bicyclic) bond motifs is 2. The van der Waals surface area contributed by atoms with Crippen molar-refractivity contribution in [3.63, 3.8) is 0 Å². The molecule has 2 aliphatic rings. The predicted molar refractivity (Wildman–Crippen MR) is 65.5 cm³/mol. The molecule has 1 aromatic rings. The SMILES string of the molecule is COc1ccc(P2CC3CCC2C3)cc1. The summed E-state index contributed by atoms with van der Waals surface area (Å²) in [6.07, 6.45) is 5.99. The van der Waals surface area contributed by atoms with Crippen LogP contribution in [0.1, 0.15) is 19.3 Å². The highest BCUT2D eigenvalue weighted by molar-refractivity contribution is 7.66. The van der Waals surface area contributed by atoms with Crippen LogP contribution >= 0.6 is 7.92 Å². The van der Waals surface area contributed by atoms with Crippen LogP contribution in [0.4, 0.5) is 0 Å². The number of ether oxygens (including phenoxy) is 1. The minimum Gasteiger partial charge on any atom is -0.497 e. The Labute approximate surface area is 92.6 Å². The summed E-state index contributed by atoms with van der Waals surface area (Å²) in [6.45, 7) is 0. The first-order valence-corrected chi connectivity index (χ1v) is 7.37. The monoisotopic (exact) mass is 220 g/mol. The van der Waals surface area contributed by atoms with Crippen LogP contribution in [0.3, 0.4) is 0 Å². The lowest BCUT2D eigenvalue weighted by atomic mass is 10.1. The van der Waals surface area contributed by atoms with E-state index < -0.39 is 0 Å². The molecular formula is C13H17OP. The van der Waals surface area contributed by atoms with Gasteiger partial charge in [-0.2, -0.15) is 0 Å². The molecule has 2 heteroatoms. The van der Waals surface area contributed by atoms with Crippen LogP contribution in [0.5, 0.6) is 5.75 Å². The van der Waals surface area contributed by atoms with E-state index in [1.807, 2.05) is 0 Å². The molecule has 1 saturated carbocycles. The van der Waals surface area contributed by atoms with Gasteiger partial charge in [-0.05, 0) is 54.4 Å². The average molecular weight is 220 g/mol. The van der Waals surface area contributed by atoms with Crippen molar-refractivity contribution in [1.82, 2.24) is 0 Å². The Balaban J connectivity index is 1.81. The third kappa shape index (κ3) is 1.67. The maximum absolute atomic E-state index is 5.20. The molecule has 0 amide bonds. The van der Waals surface area contributed by atoms with Gasteiger partial charge in [-0.15, -0.1) is 0 Å². The van der Waals surface area contributed by atoms with Gasteiger partial charge >= 0.3 is 0 Å². The molecule has 3 atom stereocenters. The fraction of sp³-hybridized carbons (Fsp3) is 0.538. The van der Waals surface area contributed by atoms with Gasteiger partial charge in [0, 0.05) is 0 Å². The summed E-state index contributed by atoms with van der Waals surface area (Å²) in [5.41, 5.74) is 1.04. The second kappa shape index (κ2) is 3.79. The maximum Gasteiger partial charge on any atom is 0.118 e. The van der Waals surface area contributed by atoms with Crippen molar-refractivity contribution in [3.05, 3.63) is 24.3 Å². The predicted octanol–water partition coefficient (Wildman–Crippen LogP) is 2.98. The zero-order valence-electron chi connectivity index (χ0n) is 9.15. The molecular weight excluding hydrogens is 203 g/mol. The first kappa shape index (κ1) is 9.66. The molecule has 2 fully saturated rings. The van der Waals surface area contributed by atoms with Gasteiger partial charge in [0.05, 0.1) is 7.11 Å². The van der Waals surface area contributed by atoms with Crippen molar-refractivity contribution in [2.75, 3.05) is 13.3 Å². The smallest absolute Gasteiger partial charge is 0.118 e. The van der Waals surface area contributed by atoms with Gasteiger partial charge in [-0.25, -0.2) is 0 Å². The van der Waals surface area contributed by atoms with E-state index in [9.17, 15) is 0 Å². The molecule has 3 rings (SSSR count). The van der Waals surface area contributed by atoms with Crippen LogP contribution in [0.2, 0.25) is 0 Å². The van der Waals surface area contributed by atoms with Gasteiger partial charge in [-0.3, -0.25) is 0 Å². The van der Waals surface area contributed by atoms with Gasteiger partial charge in [0.2, 0.25) is 0 Å². The lowest BCUT2D eigenvalue weighted by molar-refractivity contribution is 0.415. The molecule has 0 aromatic heterocycles. The second-order valence-electron chi connectivity index (χ2n) is 4.68. The Morgan fingerprint density at radius 3 is 2.53 bits per heavy atom. The molecule has 15 heavy (non-hydrogen) atoms. The molecule has 2 bridgehead atoms. The van der Waals surface area contributed by atoms with Crippen molar-refractivity contribution in [2.24, 2.45) is 5.92 Å². The number of rotatable bonds is 2. The highest BCUT2D eigenvalue weighted by atomic mass is 31.1. The van der Waals surface area contributed by atoms with E-state index in [1.54, 1.807) is 12.4 Å². The van der Waals surface area contributed by atoms with Crippen LogP contribution in [0.25, 0.3) is 0 Å². The molecule has 0 spiro atoms. The summed E-state index contributed by atoms with van der Waals surface area (Å²) in [7, 11) is 1.91. The van der Waals surface area contributed by atoms with Crippen molar-refractivity contribution in [2.45, 2.75) is 24.9 Å². The summed E-state index contributed by atoms with van der Waals surface area (Å²) < 4.78 is 5.20. The third-order valence-electron chi connectivity index (χ3n) is 3.81. The van der Waals surface area contributed by atoms with Crippen molar-refractivity contribution in [1.29, 1.82) is 0 Å². The van der Waals surface area contributed by atoms with Crippen molar-refractivity contribution in [3.8, 4) is 5.75 Å². The van der Waals surface area contributed by atoms with Crippen LogP contribution in [-0.2, 0) is 0 Å². The van der Waals surface area contributed by atoms with Crippen molar-refractivity contribution < 1.29 is 4.74 Å². The minimum atomic E-state index is 0.173. The molecule has 1 saturated heterocycles. The van der Waals surface area contributed by atoms with Gasteiger partial charge in [0.25, 0.3) is 0 Å². The Morgan fingerprint density at radius 2 is 2.00 bits per heavy atom. The summed E-state index contributed by atoms with van der Waals surface area (Å²) in [4.78, 5) is 0. The lowest BCUT2D eigenvalue weighted by Gasteiger charge is -2.22. The van der Waals surface area contributed by atoms with Gasteiger partial charge < -0.3 is 4.74 Å². The fourth-order valence-corrected chi connectivity index (χ4v) is 6.38. The Morgan fingerprint density at radius 1 is 1.20 bits per heavy atom. The topological polar surface area (TPSA) is 9.23 Å². The Hall–Kier alpha value is -0.550. The molecule has 3 unspecified atom stereocenters. The third-order valence-corrected chi connectivity index (χ3v) is 7.04. The Bertz CT molecular complexity index is 346. The second-order valence-corrected chi connectivity index (χ2v) is 7.23. The van der Waals surface area contributed by atoms with E-state index in [0.29, 0.717) is 0 Å². The standard InChI is InChI=1S/C13H17OP/c1-14-11-3-6-12(7-4-11)15-9-10-2-5-13(15)8-10/h3-4,6-7,10,13H,2,5,8-9H2,1H3. The molecule has 0 N–H and O–H groups in total. The van der Waals surface area contributed by atoms with E-state index in [4.69, 9.17) is 4.74 Å². The summed E-state index contributed by atoms with van der Waals surface area (Å²) in [5, 5.41) is 1.60. The first-order chi connectivity index (χ1) is 7.36. The molecule has 80 valence electrons. The minimum absolute atomic E-state index is 0.173. The van der Waals surface area contributed by atoms with Gasteiger partial charge in [-0.1, -0.05) is 20.1 Å². The fourth-order valence-electron chi connectivity index (χ4n) is 3.01. The molecule has 0 radical (unpaired) electrons. The lowest BCUT2D eigenvalue weighted by Crippen LogP contribution is -2.11. The van der Waals surface area contributed by atoms with E-state index in [2.05, 4.69) is 24.3 Å². The average Bonchev–Trinajstić information content (AvgIpc) is 2.91. The van der Waals surface area contributed by atoms with Gasteiger partial charge in [0.1, 0.15) is 5.75 Å². The van der Waals surface area contributed by atoms with Crippen LogP contribution in [0, 0.1) is 5.92 Å². The Kier molecular flexibility index (Phi) is 2.44. The van der Waals surface area contributed by atoms with Gasteiger partial charge in [0.15, 0.2) is 0 Å². The normalized spacial score (nSPS) is 33.3. The van der Waals surface area contributed by atoms with Crippen LogP contribution < -0.4 is 10.0 Å². The molecule has 1 aliphatic heterocycles. The first-order valence-electron chi connectivity index (χ1n) is 5.77. The van der Waals surface area contributed by atoms with E-state index in [-0.39, 0.29) is 7.92 Å². The summed E-state index contributed by atoms with van der Waals surface area (Å²) in [5.74, 6) is 2.04. The number of hydrogen-bond donors (Lipinski definition) is 0. The van der Waals surface area contributed by atoms with Crippen molar-refractivity contribution >= 4 is 13.2 Å². The maximum atomic E-state index is 5.20. The van der Waals surface area contributed by atoms with E-state index in [0.717, 1.165) is 17.3 Å². The van der Waals surface area contributed by atoms with Crippen LogP contribution in [0.15, 0.2) is 24.3 Å².